The highest BCUT2D eigenvalue weighted by Crippen LogP contribution is 2.10. The molecule has 0 heterocycles. The molecule has 0 fully saturated rings. The van der Waals surface area contributed by atoms with E-state index in [-0.39, 0.29) is 12.2 Å². The molecule has 0 aliphatic heterocycles. The van der Waals surface area contributed by atoms with Gasteiger partial charge in [0, 0.05) is 11.5 Å². The summed E-state index contributed by atoms with van der Waals surface area (Å²) in [5.74, 6) is 3.37. The molecule has 4 heteroatoms. The molecule has 0 saturated heterocycles. The van der Waals surface area contributed by atoms with Gasteiger partial charge in [-0.15, -0.1) is 0 Å². The van der Waals surface area contributed by atoms with Gasteiger partial charge in [-0.05, 0) is 37.6 Å². The quantitative estimate of drug-likeness (QED) is 0.621. The molecule has 0 amide bonds. The maximum absolute atomic E-state index is 11.0. The van der Waals surface area contributed by atoms with Crippen LogP contribution in [0.4, 0.5) is 0 Å². The fraction of sp³-hybridized carbons (Fsp3) is 0.231. The van der Waals surface area contributed by atoms with Gasteiger partial charge in [0.15, 0.2) is 0 Å². The van der Waals surface area contributed by atoms with E-state index in [1.54, 1.807) is 26.0 Å². The van der Waals surface area contributed by atoms with Crippen LogP contribution < -0.4 is 0 Å². The lowest BCUT2D eigenvalue weighted by Crippen LogP contribution is -2.01. The SMILES string of the molecule is CCOC(=O)C#Cc1ccc(C(=O)O)c(C)c1. The van der Waals surface area contributed by atoms with E-state index in [2.05, 4.69) is 16.6 Å². The number of carboxylic acids is 1. The van der Waals surface area contributed by atoms with Crippen molar-refractivity contribution in [2.24, 2.45) is 0 Å². The number of carboxylic acid groups (broad SMARTS) is 1. The number of hydrogen-bond donors (Lipinski definition) is 1. The number of ether oxygens (including phenoxy) is 1. The summed E-state index contributed by atoms with van der Waals surface area (Å²) in [5, 5.41) is 8.83. The van der Waals surface area contributed by atoms with Gasteiger partial charge in [-0.1, -0.05) is 5.92 Å². The lowest BCUT2D eigenvalue weighted by molar-refractivity contribution is -0.136. The fourth-order valence-electron chi connectivity index (χ4n) is 1.27. The number of hydrogen-bond acceptors (Lipinski definition) is 3. The molecule has 1 N–H and O–H groups in total. The van der Waals surface area contributed by atoms with Gasteiger partial charge < -0.3 is 9.84 Å². The predicted octanol–water partition coefficient (Wildman–Crippen LogP) is 1.61. The maximum atomic E-state index is 11.0. The number of esters is 1. The van der Waals surface area contributed by atoms with Gasteiger partial charge in [-0.2, -0.15) is 0 Å². The van der Waals surface area contributed by atoms with Gasteiger partial charge in [0.05, 0.1) is 12.2 Å². The van der Waals surface area contributed by atoms with Crippen molar-refractivity contribution in [2.75, 3.05) is 6.61 Å². The molecule has 0 radical (unpaired) electrons. The Hall–Kier alpha value is -2.28. The maximum Gasteiger partial charge on any atom is 0.384 e. The smallest absolute Gasteiger partial charge is 0.384 e. The molecule has 0 atom stereocenters. The predicted molar refractivity (Wildman–Crippen MR) is 61.6 cm³/mol. The number of carbonyl (C=O) groups is 2. The molecular weight excluding hydrogens is 220 g/mol. The third-order valence-corrected chi connectivity index (χ3v) is 2.04. The van der Waals surface area contributed by atoms with Gasteiger partial charge in [0.2, 0.25) is 0 Å². The highest BCUT2D eigenvalue weighted by atomic mass is 16.5. The van der Waals surface area contributed by atoms with E-state index >= 15 is 0 Å². The number of aromatic carboxylic acids is 1. The van der Waals surface area contributed by atoms with Crippen molar-refractivity contribution in [1.29, 1.82) is 0 Å². The Morgan fingerprint density at radius 3 is 2.65 bits per heavy atom. The Bertz CT molecular complexity index is 506. The Balaban J connectivity index is 2.91. The second-order valence-electron chi connectivity index (χ2n) is 3.31. The second-order valence-corrected chi connectivity index (χ2v) is 3.31. The van der Waals surface area contributed by atoms with Crippen molar-refractivity contribution in [3.05, 3.63) is 34.9 Å². The van der Waals surface area contributed by atoms with Crippen molar-refractivity contribution in [2.45, 2.75) is 13.8 Å². The van der Waals surface area contributed by atoms with E-state index in [9.17, 15) is 9.59 Å². The third-order valence-electron chi connectivity index (χ3n) is 2.04. The minimum atomic E-state index is -0.979. The number of benzene rings is 1. The highest BCUT2D eigenvalue weighted by molar-refractivity contribution is 5.90. The first-order valence-electron chi connectivity index (χ1n) is 5.07. The molecular formula is C13H12O4. The van der Waals surface area contributed by atoms with Crippen LogP contribution >= 0.6 is 0 Å². The van der Waals surface area contributed by atoms with Gasteiger partial charge in [-0.25, -0.2) is 9.59 Å². The Morgan fingerprint density at radius 2 is 2.12 bits per heavy atom. The zero-order valence-electron chi connectivity index (χ0n) is 9.61. The Labute approximate surface area is 99.2 Å². The Kier molecular flexibility index (Phi) is 4.29. The van der Waals surface area contributed by atoms with E-state index in [4.69, 9.17) is 5.11 Å². The standard InChI is InChI=1S/C13H12O4/c1-3-17-12(14)7-5-10-4-6-11(13(15)16)9(2)8-10/h4,6,8H,3H2,1-2H3,(H,15,16). The van der Waals surface area contributed by atoms with Crippen LogP contribution in [0.5, 0.6) is 0 Å². The van der Waals surface area contributed by atoms with Gasteiger partial charge in [-0.3, -0.25) is 0 Å². The molecule has 0 saturated carbocycles. The molecule has 1 rings (SSSR count). The minimum Gasteiger partial charge on any atom is -0.478 e. The van der Waals surface area contributed by atoms with Crippen LogP contribution in [-0.2, 0) is 9.53 Å². The largest absolute Gasteiger partial charge is 0.478 e. The van der Waals surface area contributed by atoms with E-state index in [0.717, 1.165) is 0 Å². The van der Waals surface area contributed by atoms with Crippen LogP contribution in [0.1, 0.15) is 28.4 Å². The zero-order chi connectivity index (χ0) is 12.8. The molecule has 0 bridgehead atoms. The van der Waals surface area contributed by atoms with Gasteiger partial charge in [0.25, 0.3) is 0 Å². The first-order chi connectivity index (χ1) is 8.04. The summed E-state index contributed by atoms with van der Waals surface area (Å²) >= 11 is 0. The molecule has 0 spiro atoms. The summed E-state index contributed by atoms with van der Waals surface area (Å²) in [5.41, 5.74) is 1.42. The molecule has 1 aromatic carbocycles. The number of aryl methyl sites for hydroxylation is 1. The molecule has 0 unspecified atom stereocenters. The first-order valence-corrected chi connectivity index (χ1v) is 5.07. The summed E-state index contributed by atoms with van der Waals surface area (Å²) < 4.78 is 4.65. The van der Waals surface area contributed by atoms with Gasteiger partial charge >= 0.3 is 11.9 Å². The second kappa shape index (κ2) is 5.71. The molecule has 88 valence electrons. The summed E-state index contributed by atoms with van der Waals surface area (Å²) in [6.45, 7) is 3.66. The topological polar surface area (TPSA) is 63.6 Å². The molecule has 17 heavy (non-hydrogen) atoms. The van der Waals surface area contributed by atoms with E-state index < -0.39 is 11.9 Å². The average Bonchev–Trinajstić information content (AvgIpc) is 2.26. The highest BCUT2D eigenvalue weighted by Gasteiger charge is 2.06. The number of rotatable bonds is 2. The van der Waals surface area contributed by atoms with Crippen molar-refractivity contribution in [1.82, 2.24) is 0 Å². The fourth-order valence-corrected chi connectivity index (χ4v) is 1.27. The van der Waals surface area contributed by atoms with Crippen LogP contribution in [0.3, 0.4) is 0 Å². The molecule has 0 aromatic heterocycles. The van der Waals surface area contributed by atoms with Crippen molar-refractivity contribution >= 4 is 11.9 Å². The molecule has 1 aromatic rings. The summed E-state index contributed by atoms with van der Waals surface area (Å²) in [6.07, 6.45) is 0. The first kappa shape index (κ1) is 12.8. The third kappa shape index (κ3) is 3.65. The molecule has 0 aliphatic carbocycles. The minimum absolute atomic E-state index is 0.228. The van der Waals surface area contributed by atoms with Crippen LogP contribution in [0.25, 0.3) is 0 Å². The summed E-state index contributed by atoms with van der Waals surface area (Å²) in [4.78, 5) is 21.8. The van der Waals surface area contributed by atoms with Crippen LogP contribution in [-0.4, -0.2) is 23.7 Å². The molecule has 4 nitrogen and oxygen atoms in total. The lowest BCUT2D eigenvalue weighted by Gasteiger charge is -2.00. The van der Waals surface area contributed by atoms with Gasteiger partial charge in [0.1, 0.15) is 0 Å². The monoisotopic (exact) mass is 232 g/mol. The van der Waals surface area contributed by atoms with Crippen LogP contribution in [0.2, 0.25) is 0 Å². The van der Waals surface area contributed by atoms with Crippen molar-refractivity contribution < 1.29 is 19.4 Å². The summed E-state index contributed by atoms with van der Waals surface area (Å²) in [6, 6.07) is 4.64. The van der Waals surface area contributed by atoms with E-state index in [0.29, 0.717) is 11.1 Å². The van der Waals surface area contributed by atoms with E-state index in [1.165, 1.54) is 6.07 Å². The van der Waals surface area contributed by atoms with E-state index in [1.807, 2.05) is 0 Å². The van der Waals surface area contributed by atoms with Crippen LogP contribution in [0.15, 0.2) is 18.2 Å². The number of carbonyl (C=O) groups excluding carboxylic acids is 1. The van der Waals surface area contributed by atoms with Crippen molar-refractivity contribution in [3.63, 3.8) is 0 Å². The average molecular weight is 232 g/mol. The zero-order valence-corrected chi connectivity index (χ0v) is 9.61. The normalized spacial score (nSPS) is 9.06. The van der Waals surface area contributed by atoms with Crippen LogP contribution in [0, 0.1) is 18.8 Å². The van der Waals surface area contributed by atoms with Crippen molar-refractivity contribution in [3.8, 4) is 11.8 Å². The lowest BCUT2D eigenvalue weighted by atomic mass is 10.1. The Morgan fingerprint density at radius 1 is 1.41 bits per heavy atom. The summed E-state index contributed by atoms with van der Waals surface area (Å²) in [7, 11) is 0. The molecule has 0 aliphatic rings.